The number of rotatable bonds is 8. The Kier molecular flexibility index (Phi) is 7.00. The monoisotopic (exact) mass is 454 g/mol. The van der Waals surface area contributed by atoms with Gasteiger partial charge in [0.2, 0.25) is 5.91 Å². The highest BCUT2D eigenvalue weighted by Crippen LogP contribution is 2.37. The van der Waals surface area contributed by atoms with E-state index < -0.39 is 23.5 Å². The normalized spacial score (nSPS) is 12.9. The molecule has 0 saturated heterocycles. The molecule has 1 N–H and O–H groups in total. The summed E-state index contributed by atoms with van der Waals surface area (Å²) in [6, 6.07) is 0.958. The van der Waals surface area contributed by atoms with E-state index in [9.17, 15) is 19.5 Å². The molecule has 3 rings (SSSR count). The Bertz CT molecular complexity index is 1260. The first-order chi connectivity index (χ1) is 15.5. The average molecular weight is 455 g/mol. The van der Waals surface area contributed by atoms with Crippen molar-refractivity contribution in [1.82, 2.24) is 5.32 Å². The van der Waals surface area contributed by atoms with Crippen LogP contribution in [0.3, 0.4) is 0 Å². The molecular weight excluding hydrogens is 422 g/mol. The van der Waals surface area contributed by atoms with Crippen molar-refractivity contribution in [1.29, 1.82) is 0 Å². The third kappa shape index (κ3) is 4.97. The van der Waals surface area contributed by atoms with Gasteiger partial charge in [-0.25, -0.2) is 4.79 Å². The highest BCUT2D eigenvalue weighted by Gasteiger charge is 2.24. The summed E-state index contributed by atoms with van der Waals surface area (Å²) in [6.45, 7) is 12.0. The third-order valence-corrected chi connectivity index (χ3v) is 6.22. The number of carboxylic acids is 1. The lowest BCUT2D eigenvalue weighted by molar-refractivity contribution is -0.308. The molecule has 0 aliphatic heterocycles. The average Bonchev–Trinajstić information content (AvgIpc) is 3.16. The first-order valence-corrected chi connectivity index (χ1v) is 11.4. The predicted molar refractivity (Wildman–Crippen MR) is 125 cm³/mol. The molecule has 1 amide bonds. The van der Waals surface area contributed by atoms with Gasteiger partial charge in [-0.1, -0.05) is 40.5 Å². The van der Waals surface area contributed by atoms with Gasteiger partial charge in [0.15, 0.2) is 0 Å². The van der Waals surface area contributed by atoms with Crippen molar-refractivity contribution in [2.75, 3.05) is 0 Å². The maximum atomic E-state index is 12.8. The molecule has 3 aromatic rings. The Balaban J connectivity index is 1.94. The summed E-state index contributed by atoms with van der Waals surface area (Å²) >= 11 is 0. The Morgan fingerprint density at radius 2 is 1.82 bits per heavy atom. The number of nitrogens with one attached hydrogen (secondary N) is 1. The molecule has 0 fully saturated rings. The fourth-order valence-corrected chi connectivity index (χ4v) is 4.23. The van der Waals surface area contributed by atoms with Gasteiger partial charge in [-0.2, -0.15) is 0 Å². The molecule has 0 saturated carbocycles. The van der Waals surface area contributed by atoms with Gasteiger partial charge in [-0.15, -0.1) is 0 Å². The van der Waals surface area contributed by atoms with E-state index >= 15 is 0 Å². The Morgan fingerprint density at radius 1 is 1.12 bits per heavy atom. The van der Waals surface area contributed by atoms with Crippen molar-refractivity contribution in [3.8, 4) is 0 Å². The second kappa shape index (κ2) is 9.41. The number of fused-ring (bicyclic) bond motifs is 2. The smallest absolute Gasteiger partial charge is 0.339 e. The van der Waals surface area contributed by atoms with Crippen LogP contribution in [0.5, 0.6) is 0 Å². The van der Waals surface area contributed by atoms with Crippen LogP contribution in [0.1, 0.15) is 75.6 Å². The lowest BCUT2D eigenvalue weighted by atomic mass is 9.86. The maximum absolute atomic E-state index is 12.8. The Morgan fingerprint density at radius 3 is 2.42 bits per heavy atom. The number of hydrogen-bond acceptors (Lipinski definition) is 6. The lowest BCUT2D eigenvalue weighted by Gasteiger charge is -2.19. The molecule has 0 spiro atoms. The fourth-order valence-electron chi connectivity index (χ4n) is 4.23. The van der Waals surface area contributed by atoms with Crippen LogP contribution < -0.4 is 16.0 Å². The van der Waals surface area contributed by atoms with E-state index in [1.54, 1.807) is 6.26 Å². The molecule has 0 radical (unpaired) electrons. The summed E-state index contributed by atoms with van der Waals surface area (Å²) in [5, 5.41) is 15.6. The molecular formula is C26H32NO6-. The van der Waals surface area contributed by atoms with Gasteiger partial charge in [0, 0.05) is 33.9 Å². The number of hydrogen-bond donors (Lipinski definition) is 1. The van der Waals surface area contributed by atoms with Crippen LogP contribution in [0.2, 0.25) is 0 Å². The van der Waals surface area contributed by atoms with Gasteiger partial charge < -0.3 is 24.1 Å². The van der Waals surface area contributed by atoms with Crippen molar-refractivity contribution in [2.45, 2.75) is 85.1 Å². The summed E-state index contributed by atoms with van der Waals surface area (Å²) in [5.41, 5.74) is 3.54. The van der Waals surface area contributed by atoms with E-state index in [1.165, 1.54) is 0 Å². The van der Waals surface area contributed by atoms with Crippen molar-refractivity contribution in [2.24, 2.45) is 0 Å². The van der Waals surface area contributed by atoms with Gasteiger partial charge in [0.1, 0.15) is 11.2 Å². The number of carbonyl (C=O) groups is 2. The van der Waals surface area contributed by atoms with Crippen LogP contribution in [0.25, 0.3) is 21.9 Å². The zero-order valence-electron chi connectivity index (χ0n) is 20.2. The molecule has 7 nitrogen and oxygen atoms in total. The minimum Gasteiger partial charge on any atom is -0.548 e. The summed E-state index contributed by atoms with van der Waals surface area (Å²) in [6.07, 6.45) is 3.69. The number of aliphatic carboxylic acids is 1. The topological polar surface area (TPSA) is 113 Å². The molecule has 178 valence electrons. The molecule has 2 aromatic heterocycles. The Labute approximate surface area is 193 Å². The molecule has 0 unspecified atom stereocenters. The van der Waals surface area contributed by atoms with Crippen LogP contribution in [-0.4, -0.2) is 17.9 Å². The minimum absolute atomic E-state index is 0.0206. The number of aryl methyl sites for hydroxylation is 2. The largest absolute Gasteiger partial charge is 0.548 e. The highest BCUT2D eigenvalue weighted by molar-refractivity contribution is 6.00. The number of carbonyl (C=O) groups excluding carboxylic acids is 2. The van der Waals surface area contributed by atoms with E-state index in [1.807, 2.05) is 26.8 Å². The van der Waals surface area contributed by atoms with Crippen LogP contribution in [0.4, 0.5) is 0 Å². The van der Waals surface area contributed by atoms with Crippen molar-refractivity contribution >= 4 is 33.8 Å². The molecule has 0 aliphatic rings. The summed E-state index contributed by atoms with van der Waals surface area (Å²) in [5.74, 6) is -1.73. The SMILES string of the molecule is CCCC[C@@H](NC(=O)CCc1c(C)c2cc3c(C(C)(C)C)coc3c(C)c2oc1=O)C(=O)[O-]. The number of unbranched alkanes of at least 4 members (excludes halogenated alkanes) is 1. The van der Waals surface area contributed by atoms with E-state index in [0.29, 0.717) is 29.6 Å². The maximum Gasteiger partial charge on any atom is 0.339 e. The summed E-state index contributed by atoms with van der Waals surface area (Å²) < 4.78 is 11.5. The zero-order chi connectivity index (χ0) is 24.5. The van der Waals surface area contributed by atoms with Crippen molar-refractivity contribution in [3.05, 3.63) is 45.0 Å². The number of furan rings is 1. The van der Waals surface area contributed by atoms with Crippen LogP contribution >= 0.6 is 0 Å². The van der Waals surface area contributed by atoms with Crippen LogP contribution in [-0.2, 0) is 21.4 Å². The number of amides is 1. The molecule has 0 aliphatic carbocycles. The van der Waals surface area contributed by atoms with Gasteiger partial charge in [-0.3, -0.25) is 4.79 Å². The van der Waals surface area contributed by atoms with E-state index in [2.05, 4.69) is 26.1 Å². The van der Waals surface area contributed by atoms with Gasteiger partial charge >= 0.3 is 5.63 Å². The highest BCUT2D eigenvalue weighted by atomic mass is 16.4. The zero-order valence-corrected chi connectivity index (χ0v) is 20.2. The second-order valence-electron chi connectivity index (χ2n) is 9.73. The lowest BCUT2D eigenvalue weighted by Crippen LogP contribution is -2.47. The molecule has 7 heteroatoms. The van der Waals surface area contributed by atoms with Crippen molar-refractivity contribution in [3.63, 3.8) is 0 Å². The fraction of sp³-hybridized carbons (Fsp3) is 0.500. The van der Waals surface area contributed by atoms with Gasteiger partial charge in [-0.05, 0) is 43.7 Å². The van der Waals surface area contributed by atoms with Crippen LogP contribution in [0.15, 0.2) is 26.0 Å². The third-order valence-electron chi connectivity index (χ3n) is 6.22. The molecule has 1 atom stereocenters. The first kappa shape index (κ1) is 24.6. The number of benzene rings is 1. The Hall–Kier alpha value is -3.09. The van der Waals surface area contributed by atoms with E-state index in [0.717, 1.165) is 33.9 Å². The molecule has 33 heavy (non-hydrogen) atoms. The first-order valence-electron chi connectivity index (χ1n) is 11.4. The standard InChI is InChI=1S/C26H33NO6/c1-7-8-9-20(24(29)30)27-21(28)11-10-16-14(2)17-12-18-19(26(4,5)6)13-32-22(18)15(3)23(17)33-25(16)31/h12-13,20H,7-11H2,1-6H3,(H,27,28)(H,29,30)/p-1/t20-/m1/s1. The molecule has 2 heterocycles. The summed E-state index contributed by atoms with van der Waals surface area (Å²) in [7, 11) is 0. The molecule has 0 bridgehead atoms. The van der Waals surface area contributed by atoms with E-state index in [-0.39, 0.29) is 18.3 Å². The van der Waals surface area contributed by atoms with Gasteiger partial charge in [0.25, 0.3) is 0 Å². The van der Waals surface area contributed by atoms with Gasteiger partial charge in [0.05, 0.1) is 18.3 Å². The molecule has 1 aromatic carbocycles. The summed E-state index contributed by atoms with van der Waals surface area (Å²) in [4.78, 5) is 36.4. The van der Waals surface area contributed by atoms with E-state index in [4.69, 9.17) is 8.83 Å². The number of carboxylic acid groups (broad SMARTS) is 1. The quantitative estimate of drug-likeness (QED) is 0.518. The minimum atomic E-state index is -1.30. The van der Waals surface area contributed by atoms with Crippen molar-refractivity contribution < 1.29 is 23.5 Å². The van der Waals surface area contributed by atoms with Crippen LogP contribution in [0, 0.1) is 13.8 Å². The predicted octanol–water partition coefficient (Wildman–Crippen LogP) is 3.81. The second-order valence-corrected chi connectivity index (χ2v) is 9.73.